The van der Waals surface area contributed by atoms with Crippen molar-refractivity contribution in [3.8, 4) is 0 Å². The summed E-state index contributed by atoms with van der Waals surface area (Å²) in [6.07, 6.45) is 7.72. The van der Waals surface area contributed by atoms with Crippen molar-refractivity contribution in [3.05, 3.63) is 24.0 Å². The van der Waals surface area contributed by atoms with Gasteiger partial charge in [0.15, 0.2) is 5.88 Å². The number of hydrogen-bond acceptors (Lipinski definition) is 3. The maximum Gasteiger partial charge on any atom is 0.196 e. The standard InChI is InChI=1S/C12H18N2O/c13-8-4-5-11-6-7-12(15-11)14-9-2-1-3-10-14/h4-7H,1-3,8-10,13H2. The summed E-state index contributed by atoms with van der Waals surface area (Å²) in [6.45, 7) is 2.79. The molecular formula is C12H18N2O. The van der Waals surface area contributed by atoms with Crippen molar-refractivity contribution < 1.29 is 4.42 Å². The summed E-state index contributed by atoms with van der Waals surface area (Å²) in [5.41, 5.74) is 5.39. The third kappa shape index (κ3) is 2.63. The van der Waals surface area contributed by atoms with Crippen molar-refractivity contribution in [1.82, 2.24) is 0 Å². The lowest BCUT2D eigenvalue weighted by molar-refractivity contribution is 0.496. The van der Waals surface area contributed by atoms with E-state index in [1.807, 2.05) is 24.3 Å². The monoisotopic (exact) mass is 206 g/mol. The van der Waals surface area contributed by atoms with Crippen LogP contribution in [0.1, 0.15) is 25.0 Å². The highest BCUT2D eigenvalue weighted by Crippen LogP contribution is 2.22. The minimum absolute atomic E-state index is 0.555. The Labute approximate surface area is 90.5 Å². The molecule has 82 valence electrons. The molecule has 0 spiro atoms. The molecule has 0 saturated carbocycles. The normalized spacial score (nSPS) is 17.5. The van der Waals surface area contributed by atoms with Crippen molar-refractivity contribution in [3.63, 3.8) is 0 Å². The predicted octanol–water partition coefficient (Wildman–Crippen LogP) is 2.24. The molecule has 0 amide bonds. The molecule has 0 radical (unpaired) electrons. The number of hydrogen-bond donors (Lipinski definition) is 1. The van der Waals surface area contributed by atoms with Crippen molar-refractivity contribution in [2.45, 2.75) is 19.3 Å². The first-order valence-corrected chi connectivity index (χ1v) is 5.61. The molecule has 2 N–H and O–H groups in total. The van der Waals surface area contributed by atoms with Crippen LogP contribution in [0.4, 0.5) is 5.88 Å². The van der Waals surface area contributed by atoms with Crippen LogP contribution in [-0.4, -0.2) is 19.6 Å². The van der Waals surface area contributed by atoms with E-state index < -0.39 is 0 Å². The molecule has 0 atom stereocenters. The van der Waals surface area contributed by atoms with E-state index in [1.54, 1.807) is 0 Å². The zero-order chi connectivity index (χ0) is 10.5. The SMILES string of the molecule is NCC=Cc1ccc(N2CCCCC2)o1. The van der Waals surface area contributed by atoms with Gasteiger partial charge in [0.2, 0.25) is 0 Å². The molecule has 2 heterocycles. The molecule has 1 aromatic heterocycles. The quantitative estimate of drug-likeness (QED) is 0.824. The predicted molar refractivity (Wildman–Crippen MR) is 62.9 cm³/mol. The van der Waals surface area contributed by atoms with Crippen LogP contribution in [0.3, 0.4) is 0 Å². The number of piperidine rings is 1. The van der Waals surface area contributed by atoms with Crippen LogP contribution < -0.4 is 10.6 Å². The van der Waals surface area contributed by atoms with Gasteiger partial charge in [-0.25, -0.2) is 0 Å². The van der Waals surface area contributed by atoms with Crippen LogP contribution in [0.2, 0.25) is 0 Å². The summed E-state index contributed by atoms with van der Waals surface area (Å²) in [7, 11) is 0. The Hall–Kier alpha value is -1.22. The number of anilines is 1. The van der Waals surface area contributed by atoms with E-state index >= 15 is 0 Å². The van der Waals surface area contributed by atoms with Crippen molar-refractivity contribution in [2.75, 3.05) is 24.5 Å². The van der Waals surface area contributed by atoms with Gasteiger partial charge in [-0.05, 0) is 31.4 Å². The Morgan fingerprint density at radius 3 is 2.80 bits per heavy atom. The van der Waals surface area contributed by atoms with Gasteiger partial charge in [-0.1, -0.05) is 6.08 Å². The van der Waals surface area contributed by atoms with Gasteiger partial charge < -0.3 is 15.1 Å². The molecule has 2 rings (SSSR count). The van der Waals surface area contributed by atoms with Gasteiger partial charge in [0.05, 0.1) is 0 Å². The van der Waals surface area contributed by atoms with E-state index in [-0.39, 0.29) is 0 Å². The molecule has 1 fully saturated rings. The molecule has 3 nitrogen and oxygen atoms in total. The van der Waals surface area contributed by atoms with Crippen LogP contribution in [0.15, 0.2) is 22.6 Å². The molecular weight excluding hydrogens is 188 g/mol. The minimum atomic E-state index is 0.555. The fourth-order valence-electron chi connectivity index (χ4n) is 1.90. The highest BCUT2D eigenvalue weighted by Gasteiger charge is 2.13. The fourth-order valence-corrected chi connectivity index (χ4v) is 1.90. The van der Waals surface area contributed by atoms with Gasteiger partial charge >= 0.3 is 0 Å². The number of nitrogens with zero attached hydrogens (tertiary/aromatic N) is 1. The van der Waals surface area contributed by atoms with Crippen molar-refractivity contribution >= 4 is 12.0 Å². The van der Waals surface area contributed by atoms with Crippen molar-refractivity contribution in [1.29, 1.82) is 0 Å². The van der Waals surface area contributed by atoms with Crippen LogP contribution >= 0.6 is 0 Å². The van der Waals surface area contributed by atoms with E-state index in [0.29, 0.717) is 6.54 Å². The highest BCUT2D eigenvalue weighted by atomic mass is 16.4. The van der Waals surface area contributed by atoms with E-state index in [0.717, 1.165) is 24.7 Å². The van der Waals surface area contributed by atoms with E-state index in [4.69, 9.17) is 10.2 Å². The maximum absolute atomic E-state index is 5.71. The van der Waals surface area contributed by atoms with Crippen LogP contribution in [0.25, 0.3) is 6.08 Å². The zero-order valence-corrected chi connectivity index (χ0v) is 8.98. The fraction of sp³-hybridized carbons (Fsp3) is 0.500. The molecule has 0 unspecified atom stereocenters. The minimum Gasteiger partial charge on any atom is -0.441 e. The van der Waals surface area contributed by atoms with Gasteiger partial charge in [-0.2, -0.15) is 0 Å². The second kappa shape index (κ2) is 5.03. The summed E-state index contributed by atoms with van der Waals surface area (Å²) in [5, 5.41) is 0. The number of nitrogens with two attached hydrogens (primary N) is 1. The summed E-state index contributed by atoms with van der Waals surface area (Å²) < 4.78 is 5.71. The van der Waals surface area contributed by atoms with E-state index in [9.17, 15) is 0 Å². The second-order valence-corrected chi connectivity index (χ2v) is 3.86. The molecule has 15 heavy (non-hydrogen) atoms. The molecule has 1 aromatic rings. The van der Waals surface area contributed by atoms with Crippen molar-refractivity contribution in [2.24, 2.45) is 5.73 Å². The molecule has 0 bridgehead atoms. The molecule has 1 aliphatic rings. The third-order valence-electron chi connectivity index (χ3n) is 2.70. The lowest BCUT2D eigenvalue weighted by Crippen LogP contribution is -2.28. The second-order valence-electron chi connectivity index (χ2n) is 3.86. The average molecular weight is 206 g/mol. The number of rotatable bonds is 3. The average Bonchev–Trinajstić information content (AvgIpc) is 2.76. The first kappa shape index (κ1) is 10.3. The van der Waals surface area contributed by atoms with Gasteiger partial charge in [-0.3, -0.25) is 0 Å². The van der Waals surface area contributed by atoms with Gasteiger partial charge in [0.25, 0.3) is 0 Å². The summed E-state index contributed by atoms with van der Waals surface area (Å²) >= 11 is 0. The maximum atomic E-state index is 5.71. The van der Waals surface area contributed by atoms with Crippen LogP contribution in [-0.2, 0) is 0 Å². The molecule has 3 heteroatoms. The Morgan fingerprint density at radius 1 is 1.27 bits per heavy atom. The summed E-state index contributed by atoms with van der Waals surface area (Å²) in [6, 6.07) is 4.04. The van der Waals surface area contributed by atoms with E-state index in [1.165, 1.54) is 19.3 Å². The Balaban J connectivity index is 2.02. The lowest BCUT2D eigenvalue weighted by atomic mass is 10.1. The van der Waals surface area contributed by atoms with Gasteiger partial charge in [0, 0.05) is 25.7 Å². The van der Waals surface area contributed by atoms with E-state index in [2.05, 4.69) is 4.90 Å². The topological polar surface area (TPSA) is 42.4 Å². The summed E-state index contributed by atoms with van der Waals surface area (Å²) in [5.74, 6) is 1.88. The van der Waals surface area contributed by atoms with Gasteiger partial charge in [0.1, 0.15) is 5.76 Å². The Morgan fingerprint density at radius 2 is 2.07 bits per heavy atom. The largest absolute Gasteiger partial charge is 0.441 e. The smallest absolute Gasteiger partial charge is 0.196 e. The molecule has 0 aromatic carbocycles. The number of furan rings is 1. The third-order valence-corrected chi connectivity index (χ3v) is 2.70. The first-order valence-electron chi connectivity index (χ1n) is 5.61. The first-order chi connectivity index (χ1) is 7.40. The zero-order valence-electron chi connectivity index (χ0n) is 8.98. The molecule has 0 aliphatic carbocycles. The Kier molecular flexibility index (Phi) is 3.45. The van der Waals surface area contributed by atoms with Gasteiger partial charge in [-0.15, -0.1) is 0 Å². The molecule has 1 aliphatic heterocycles. The van der Waals surface area contributed by atoms with Crippen LogP contribution in [0, 0.1) is 0 Å². The Bertz CT molecular complexity index is 324. The van der Waals surface area contributed by atoms with Crippen LogP contribution in [0.5, 0.6) is 0 Å². The summed E-state index contributed by atoms with van der Waals surface area (Å²) in [4.78, 5) is 2.31. The lowest BCUT2D eigenvalue weighted by Gasteiger charge is -2.25. The molecule has 1 saturated heterocycles. The highest BCUT2D eigenvalue weighted by molar-refractivity contribution is 5.48.